The second kappa shape index (κ2) is 17.0. The van der Waals surface area contributed by atoms with Gasteiger partial charge in [0.15, 0.2) is 0 Å². The van der Waals surface area contributed by atoms with E-state index in [-0.39, 0.29) is 0 Å². The van der Waals surface area contributed by atoms with Crippen molar-refractivity contribution in [2.75, 3.05) is 0 Å². The lowest BCUT2D eigenvalue weighted by molar-refractivity contribution is 1.04. The number of allylic oxidation sites excluding steroid dienone is 4. The number of hydrogen-bond acceptors (Lipinski definition) is 1. The van der Waals surface area contributed by atoms with Crippen LogP contribution in [0.4, 0.5) is 0 Å². The Morgan fingerprint density at radius 3 is 1.29 bits per heavy atom. The van der Waals surface area contributed by atoms with Gasteiger partial charge in [-0.3, -0.25) is 4.98 Å². The summed E-state index contributed by atoms with van der Waals surface area (Å²) in [5.41, 5.74) is 19.3. The van der Waals surface area contributed by atoms with Crippen LogP contribution >= 0.6 is 0 Å². The normalized spacial score (nSPS) is 12.5. The third-order valence-electron chi connectivity index (χ3n) is 13.4. The molecule has 0 unspecified atom stereocenters. The Morgan fingerprint density at radius 1 is 0.303 bits per heavy atom. The first-order valence-electron chi connectivity index (χ1n) is 23.0. The van der Waals surface area contributed by atoms with Gasteiger partial charge in [0.05, 0.1) is 5.69 Å². The number of benzene rings is 10. The molecule has 0 saturated heterocycles. The molecular weight excluding hydrogens is 795 g/mol. The zero-order valence-electron chi connectivity index (χ0n) is 36.5. The quantitative estimate of drug-likeness (QED) is 0.139. The number of hydrogen-bond donors (Lipinski definition) is 0. The smallest absolute Gasteiger partial charge is 0.0792 e. The highest BCUT2D eigenvalue weighted by Gasteiger charge is 2.25. The lowest BCUT2D eigenvalue weighted by Crippen LogP contribution is -2.00. The molecule has 10 aromatic carbocycles. The first kappa shape index (κ1) is 39.2. The topological polar surface area (TPSA) is 12.9 Å². The van der Waals surface area contributed by atoms with Gasteiger partial charge in [-0.05, 0) is 130 Å². The first-order chi connectivity index (χ1) is 32.8. The molecule has 11 aromatic rings. The minimum atomic E-state index is 1.02. The minimum absolute atomic E-state index is 1.02. The number of aromatic nitrogens is 1. The molecule has 0 fully saturated rings. The zero-order valence-corrected chi connectivity index (χ0v) is 36.5. The molecule has 0 amide bonds. The molecule has 0 saturated carbocycles. The highest BCUT2D eigenvalue weighted by molar-refractivity contribution is 6.23. The van der Waals surface area contributed by atoms with Crippen molar-refractivity contribution in [3.8, 4) is 78.0 Å². The molecule has 1 aliphatic rings. The number of fused-ring (bicyclic) bond motifs is 3. The minimum Gasteiger partial charge on any atom is -0.256 e. The van der Waals surface area contributed by atoms with Crippen LogP contribution in [0.15, 0.2) is 249 Å². The van der Waals surface area contributed by atoms with Gasteiger partial charge in [-0.2, -0.15) is 0 Å². The van der Waals surface area contributed by atoms with Gasteiger partial charge < -0.3 is 0 Å². The summed E-state index contributed by atoms with van der Waals surface area (Å²) < 4.78 is 0. The van der Waals surface area contributed by atoms with E-state index in [0.29, 0.717) is 0 Å². The Balaban J connectivity index is 0.993. The number of nitrogens with zero attached hydrogens (tertiary/aromatic N) is 1. The highest BCUT2D eigenvalue weighted by Crippen LogP contribution is 2.50. The van der Waals surface area contributed by atoms with Crippen molar-refractivity contribution in [2.45, 2.75) is 12.8 Å². The standard InChI is InChI=1S/C65H45N/c1-5-19-46(20-6-1)58-43-59(62(50-24-9-3-10-25-50)63(51-26-11-4-12-27-51)61(58)49-22-7-2-8-23-49)48-37-33-44(34-38-48)45-35-39-52(40-36-45)60-54-29-15-17-31-56(54)64(57-32-18-16-30-55(57)60)65-53-28-14-13-21-47(53)41-42-66-65/h2-5,7-43H,1,6H2. The molecule has 0 N–H and O–H groups in total. The van der Waals surface area contributed by atoms with Gasteiger partial charge in [0.25, 0.3) is 0 Å². The molecule has 1 aromatic heterocycles. The highest BCUT2D eigenvalue weighted by atomic mass is 14.7. The fraction of sp³-hybridized carbons (Fsp3) is 0.0308. The van der Waals surface area contributed by atoms with E-state index in [1.807, 2.05) is 6.20 Å². The van der Waals surface area contributed by atoms with Gasteiger partial charge in [-0.25, -0.2) is 0 Å². The molecule has 1 nitrogen and oxygen atoms in total. The monoisotopic (exact) mass is 839 g/mol. The van der Waals surface area contributed by atoms with E-state index < -0.39 is 0 Å². The summed E-state index contributed by atoms with van der Waals surface area (Å²) in [6, 6.07) is 82.0. The third kappa shape index (κ3) is 6.94. The Morgan fingerprint density at radius 2 is 0.742 bits per heavy atom. The fourth-order valence-corrected chi connectivity index (χ4v) is 10.3. The van der Waals surface area contributed by atoms with Crippen LogP contribution < -0.4 is 0 Å². The van der Waals surface area contributed by atoms with Gasteiger partial charge >= 0.3 is 0 Å². The summed E-state index contributed by atoms with van der Waals surface area (Å²) >= 11 is 0. The molecule has 0 radical (unpaired) electrons. The van der Waals surface area contributed by atoms with Crippen LogP contribution in [0.25, 0.3) is 116 Å². The Labute approximate surface area is 386 Å². The van der Waals surface area contributed by atoms with Crippen LogP contribution in [-0.4, -0.2) is 4.98 Å². The van der Waals surface area contributed by atoms with Crippen molar-refractivity contribution >= 4 is 37.9 Å². The summed E-state index contributed by atoms with van der Waals surface area (Å²) in [7, 11) is 0. The summed E-state index contributed by atoms with van der Waals surface area (Å²) in [6.45, 7) is 0. The predicted molar refractivity (Wildman–Crippen MR) is 281 cm³/mol. The molecule has 0 atom stereocenters. The van der Waals surface area contributed by atoms with Gasteiger partial charge in [0, 0.05) is 17.1 Å². The van der Waals surface area contributed by atoms with Gasteiger partial charge in [0.2, 0.25) is 0 Å². The van der Waals surface area contributed by atoms with Crippen LogP contribution in [0.3, 0.4) is 0 Å². The number of rotatable bonds is 8. The zero-order chi connectivity index (χ0) is 43.8. The molecule has 310 valence electrons. The molecular formula is C65H45N. The van der Waals surface area contributed by atoms with Crippen molar-refractivity contribution in [1.29, 1.82) is 0 Å². The molecule has 1 heteroatoms. The summed E-state index contributed by atoms with van der Waals surface area (Å²) in [5, 5.41) is 7.21. The van der Waals surface area contributed by atoms with Crippen LogP contribution in [0, 0.1) is 0 Å². The molecule has 12 rings (SSSR count). The maximum atomic E-state index is 5.03. The van der Waals surface area contributed by atoms with Crippen LogP contribution in [-0.2, 0) is 0 Å². The molecule has 0 spiro atoms. The van der Waals surface area contributed by atoms with Crippen molar-refractivity contribution in [2.24, 2.45) is 0 Å². The van der Waals surface area contributed by atoms with E-state index in [1.54, 1.807) is 0 Å². The molecule has 1 heterocycles. The SMILES string of the molecule is C1=CC(c2cc(-c3ccc(-c4ccc(-c5c6ccccc6c(-c6nccc7ccccc67)c6ccccc56)cc4)cc3)c(-c3ccccc3)c(-c3ccccc3)c2-c2ccccc2)=CCC1. The van der Waals surface area contributed by atoms with E-state index in [0.717, 1.165) is 23.9 Å². The second-order valence-electron chi connectivity index (χ2n) is 17.2. The lowest BCUT2D eigenvalue weighted by atomic mass is 9.78. The maximum Gasteiger partial charge on any atom is 0.0792 e. The second-order valence-corrected chi connectivity index (χ2v) is 17.2. The molecule has 0 aliphatic heterocycles. The van der Waals surface area contributed by atoms with E-state index in [9.17, 15) is 0 Å². The summed E-state index contributed by atoms with van der Waals surface area (Å²) in [5.74, 6) is 0. The number of pyridine rings is 1. The van der Waals surface area contributed by atoms with Crippen molar-refractivity contribution in [3.05, 3.63) is 254 Å². The fourth-order valence-electron chi connectivity index (χ4n) is 10.3. The third-order valence-corrected chi connectivity index (χ3v) is 13.4. The average molecular weight is 840 g/mol. The Kier molecular flexibility index (Phi) is 10.1. The first-order valence-corrected chi connectivity index (χ1v) is 23.0. The summed E-state index contributed by atoms with van der Waals surface area (Å²) in [6.07, 6.45) is 11.1. The van der Waals surface area contributed by atoms with Crippen LogP contribution in [0.1, 0.15) is 18.4 Å². The van der Waals surface area contributed by atoms with Gasteiger partial charge in [-0.15, -0.1) is 0 Å². The average Bonchev–Trinajstić information content (AvgIpc) is 3.40. The largest absolute Gasteiger partial charge is 0.256 e. The van der Waals surface area contributed by atoms with E-state index in [1.165, 1.54) is 110 Å². The van der Waals surface area contributed by atoms with E-state index >= 15 is 0 Å². The molecule has 66 heavy (non-hydrogen) atoms. The van der Waals surface area contributed by atoms with Crippen molar-refractivity contribution in [1.82, 2.24) is 4.98 Å². The maximum absolute atomic E-state index is 5.03. The van der Waals surface area contributed by atoms with Crippen molar-refractivity contribution < 1.29 is 0 Å². The molecule has 0 bridgehead atoms. The van der Waals surface area contributed by atoms with E-state index in [4.69, 9.17) is 4.98 Å². The Hall–Kier alpha value is -8.39. The van der Waals surface area contributed by atoms with Gasteiger partial charge in [0.1, 0.15) is 0 Å². The lowest BCUT2D eigenvalue weighted by Gasteiger charge is -2.25. The van der Waals surface area contributed by atoms with Crippen LogP contribution in [0.2, 0.25) is 0 Å². The predicted octanol–water partition coefficient (Wildman–Crippen LogP) is 17.9. The summed E-state index contributed by atoms with van der Waals surface area (Å²) in [4.78, 5) is 5.03. The molecule has 1 aliphatic carbocycles. The Bertz CT molecular complexity index is 3580. The van der Waals surface area contributed by atoms with Crippen LogP contribution in [0.5, 0.6) is 0 Å². The van der Waals surface area contributed by atoms with Gasteiger partial charge in [-0.1, -0.05) is 231 Å². The van der Waals surface area contributed by atoms with E-state index in [2.05, 4.69) is 243 Å². The van der Waals surface area contributed by atoms with Crippen molar-refractivity contribution in [3.63, 3.8) is 0 Å².